The fraction of sp³-hybridized carbons (Fsp3) is 0.800. The fourth-order valence-corrected chi connectivity index (χ4v) is 5.11. The maximum Gasteiger partial charge on any atom is 0.317 e. The van der Waals surface area contributed by atoms with E-state index >= 15 is 0 Å². The molecule has 98 valence electrons. The van der Waals surface area contributed by atoms with E-state index < -0.39 is 0 Å². The number of carbonyl (C=O) groups is 1. The summed E-state index contributed by atoms with van der Waals surface area (Å²) in [6, 6.07) is 0. The standard InChI is InChI=1S/C15H20O3/c1-13(2)5-10-9(11(13)16)4-8-6-18-12(17)15(8)7-14(10,15)3/h4,9-11,16H,5-7H2,1-3H3/t9-,10-,11+,14+,15-/m0/s1. The van der Waals surface area contributed by atoms with Gasteiger partial charge in [0.25, 0.3) is 0 Å². The van der Waals surface area contributed by atoms with Crippen LogP contribution in [0, 0.1) is 28.1 Å². The zero-order chi connectivity index (χ0) is 12.9. The van der Waals surface area contributed by atoms with Gasteiger partial charge in [-0.15, -0.1) is 0 Å². The lowest BCUT2D eigenvalue weighted by atomic mass is 9.69. The van der Waals surface area contributed by atoms with Crippen LogP contribution >= 0.6 is 0 Å². The van der Waals surface area contributed by atoms with E-state index in [1.165, 1.54) is 0 Å². The van der Waals surface area contributed by atoms with Gasteiger partial charge in [0.1, 0.15) is 6.61 Å². The van der Waals surface area contributed by atoms with E-state index in [1.54, 1.807) is 0 Å². The largest absolute Gasteiger partial charge is 0.460 e. The van der Waals surface area contributed by atoms with Crippen LogP contribution in [0.5, 0.6) is 0 Å². The Morgan fingerprint density at radius 1 is 1.39 bits per heavy atom. The Bertz CT molecular complexity index is 492. The first kappa shape index (κ1) is 11.0. The molecule has 5 atom stereocenters. The highest BCUT2D eigenvalue weighted by molar-refractivity contribution is 5.89. The van der Waals surface area contributed by atoms with E-state index in [0.717, 1.165) is 18.4 Å². The molecule has 0 radical (unpaired) electrons. The second-order valence-electron chi connectivity index (χ2n) is 7.59. The summed E-state index contributed by atoms with van der Waals surface area (Å²) in [5.41, 5.74) is 0.827. The first-order chi connectivity index (χ1) is 8.33. The van der Waals surface area contributed by atoms with E-state index in [4.69, 9.17) is 4.74 Å². The van der Waals surface area contributed by atoms with Gasteiger partial charge in [-0.25, -0.2) is 0 Å². The quantitative estimate of drug-likeness (QED) is 0.526. The van der Waals surface area contributed by atoms with Crippen molar-refractivity contribution < 1.29 is 14.6 Å². The van der Waals surface area contributed by atoms with Gasteiger partial charge in [-0.2, -0.15) is 0 Å². The van der Waals surface area contributed by atoms with Gasteiger partial charge >= 0.3 is 5.97 Å². The van der Waals surface area contributed by atoms with E-state index in [-0.39, 0.29) is 34.2 Å². The molecule has 4 aliphatic rings. The Balaban J connectivity index is 1.85. The minimum absolute atomic E-state index is 0.0195. The number of esters is 1. The Labute approximate surface area is 107 Å². The molecule has 0 aromatic carbocycles. The van der Waals surface area contributed by atoms with Crippen molar-refractivity contribution in [3.8, 4) is 0 Å². The number of carbonyl (C=O) groups excluding carboxylic acids is 1. The zero-order valence-electron chi connectivity index (χ0n) is 11.2. The fourth-order valence-electron chi connectivity index (χ4n) is 5.11. The van der Waals surface area contributed by atoms with Gasteiger partial charge in [0.05, 0.1) is 11.5 Å². The van der Waals surface area contributed by atoms with Crippen LogP contribution in [0.25, 0.3) is 0 Å². The van der Waals surface area contributed by atoms with Gasteiger partial charge in [0.15, 0.2) is 0 Å². The molecular formula is C15H20O3. The SMILES string of the molecule is CC1(C)C[C@H]2[C@H](C=C3COC(=O)[C@]34C[C@]24C)[C@H]1O. The van der Waals surface area contributed by atoms with Gasteiger partial charge < -0.3 is 9.84 Å². The van der Waals surface area contributed by atoms with Crippen LogP contribution in [0.15, 0.2) is 11.6 Å². The van der Waals surface area contributed by atoms with Crippen LogP contribution in [-0.4, -0.2) is 23.8 Å². The van der Waals surface area contributed by atoms with E-state index in [0.29, 0.717) is 12.5 Å². The summed E-state index contributed by atoms with van der Waals surface area (Å²) in [4.78, 5) is 12.1. The number of hydrogen-bond donors (Lipinski definition) is 1. The second-order valence-corrected chi connectivity index (χ2v) is 7.59. The molecule has 3 fully saturated rings. The van der Waals surface area contributed by atoms with Crippen molar-refractivity contribution in [3.63, 3.8) is 0 Å². The average Bonchev–Trinajstić information content (AvgIpc) is 2.75. The topological polar surface area (TPSA) is 46.5 Å². The van der Waals surface area contributed by atoms with Crippen molar-refractivity contribution in [3.05, 3.63) is 11.6 Å². The lowest BCUT2D eigenvalue weighted by Crippen LogP contribution is -2.34. The van der Waals surface area contributed by atoms with Crippen molar-refractivity contribution >= 4 is 5.97 Å². The molecule has 3 heteroatoms. The van der Waals surface area contributed by atoms with Gasteiger partial charge in [-0.1, -0.05) is 26.8 Å². The predicted octanol–water partition coefficient (Wildman–Crippen LogP) is 1.90. The molecule has 2 saturated carbocycles. The Hall–Kier alpha value is -0.830. The van der Waals surface area contributed by atoms with Crippen molar-refractivity contribution in [2.24, 2.45) is 28.1 Å². The molecule has 0 aromatic heterocycles. The first-order valence-electron chi connectivity index (χ1n) is 6.89. The molecule has 0 amide bonds. The summed E-state index contributed by atoms with van der Waals surface area (Å²) in [5.74, 6) is 0.621. The maximum absolute atomic E-state index is 12.1. The Morgan fingerprint density at radius 2 is 2.11 bits per heavy atom. The summed E-state index contributed by atoms with van der Waals surface area (Å²) >= 11 is 0. The summed E-state index contributed by atoms with van der Waals surface area (Å²) < 4.78 is 5.27. The highest BCUT2D eigenvalue weighted by Gasteiger charge is 2.80. The van der Waals surface area contributed by atoms with Crippen molar-refractivity contribution in [1.82, 2.24) is 0 Å². The molecule has 1 N–H and O–H groups in total. The van der Waals surface area contributed by atoms with Crippen molar-refractivity contribution in [2.75, 3.05) is 6.61 Å². The molecule has 1 spiro atoms. The molecule has 3 aliphatic carbocycles. The van der Waals surface area contributed by atoms with E-state index in [2.05, 4.69) is 26.8 Å². The third kappa shape index (κ3) is 0.900. The number of aliphatic hydroxyl groups excluding tert-OH is 1. The van der Waals surface area contributed by atoms with Gasteiger partial charge in [0, 0.05) is 5.92 Å². The molecule has 3 nitrogen and oxygen atoms in total. The normalized spacial score (nSPS) is 55.2. The van der Waals surface area contributed by atoms with Crippen LogP contribution in [-0.2, 0) is 9.53 Å². The summed E-state index contributed by atoms with van der Waals surface area (Å²) in [5, 5.41) is 10.5. The molecule has 0 unspecified atom stereocenters. The van der Waals surface area contributed by atoms with E-state index in [9.17, 15) is 9.90 Å². The lowest BCUT2D eigenvalue weighted by molar-refractivity contribution is -0.143. The van der Waals surface area contributed by atoms with Gasteiger partial charge in [-0.3, -0.25) is 4.79 Å². The molecule has 0 bridgehead atoms. The molecule has 0 aromatic rings. The second kappa shape index (κ2) is 2.69. The third-order valence-electron chi connectivity index (χ3n) is 6.33. The third-order valence-corrected chi connectivity index (χ3v) is 6.33. The number of hydrogen-bond acceptors (Lipinski definition) is 3. The predicted molar refractivity (Wildman–Crippen MR) is 65.6 cm³/mol. The number of rotatable bonds is 0. The molecule has 18 heavy (non-hydrogen) atoms. The molecule has 4 rings (SSSR count). The summed E-state index contributed by atoms with van der Waals surface area (Å²) in [6.07, 6.45) is 3.81. The van der Waals surface area contributed by atoms with Crippen LogP contribution in [0.2, 0.25) is 0 Å². The minimum atomic E-state index is -0.311. The zero-order valence-corrected chi connectivity index (χ0v) is 11.2. The highest BCUT2D eigenvalue weighted by Crippen LogP contribution is 2.79. The molecule has 1 aliphatic heterocycles. The lowest BCUT2D eigenvalue weighted by Gasteiger charge is -2.33. The maximum atomic E-state index is 12.1. The average molecular weight is 248 g/mol. The van der Waals surface area contributed by atoms with Crippen molar-refractivity contribution in [2.45, 2.75) is 39.7 Å². The Kier molecular flexibility index (Phi) is 1.65. The summed E-state index contributed by atoms with van der Waals surface area (Å²) in [7, 11) is 0. The van der Waals surface area contributed by atoms with Crippen molar-refractivity contribution in [1.29, 1.82) is 0 Å². The number of fused-ring (bicyclic) bond motifs is 2. The van der Waals surface area contributed by atoms with Gasteiger partial charge in [0.2, 0.25) is 0 Å². The summed E-state index contributed by atoms with van der Waals surface area (Å²) in [6.45, 7) is 6.95. The van der Waals surface area contributed by atoms with Crippen LogP contribution < -0.4 is 0 Å². The van der Waals surface area contributed by atoms with Crippen LogP contribution in [0.4, 0.5) is 0 Å². The monoisotopic (exact) mass is 248 g/mol. The smallest absolute Gasteiger partial charge is 0.317 e. The number of cyclic esters (lactones) is 1. The number of ether oxygens (including phenoxy) is 1. The number of aliphatic hydroxyl groups is 1. The van der Waals surface area contributed by atoms with Crippen LogP contribution in [0.3, 0.4) is 0 Å². The minimum Gasteiger partial charge on any atom is -0.460 e. The van der Waals surface area contributed by atoms with E-state index in [1.807, 2.05) is 0 Å². The first-order valence-corrected chi connectivity index (χ1v) is 6.89. The Morgan fingerprint density at radius 3 is 2.83 bits per heavy atom. The van der Waals surface area contributed by atoms with Gasteiger partial charge in [-0.05, 0) is 35.2 Å². The molecular weight excluding hydrogens is 228 g/mol. The highest BCUT2D eigenvalue weighted by atomic mass is 16.5. The molecule has 1 heterocycles. The molecule has 1 saturated heterocycles. The van der Waals surface area contributed by atoms with Crippen LogP contribution in [0.1, 0.15) is 33.6 Å².